The van der Waals surface area contributed by atoms with Gasteiger partial charge < -0.3 is 0 Å². The van der Waals surface area contributed by atoms with Crippen LogP contribution in [-0.2, 0) is 0 Å². The molecule has 0 aliphatic carbocycles. The molecule has 0 nitrogen and oxygen atoms in total. The third-order valence-electron chi connectivity index (χ3n) is 13.5. The minimum absolute atomic E-state index is 0.551. The first-order valence-electron chi connectivity index (χ1n) is 18.3. The zero-order chi connectivity index (χ0) is 32.6. The maximum absolute atomic E-state index is 2.64. The van der Waals surface area contributed by atoms with Crippen molar-refractivity contribution in [2.45, 2.75) is 124 Å². The lowest BCUT2D eigenvalue weighted by atomic mass is 9.74. The number of hydrogen-bond donors (Lipinski definition) is 0. The molecule has 46 heavy (non-hydrogen) atoms. The van der Waals surface area contributed by atoms with E-state index in [4.69, 9.17) is 0 Å². The van der Waals surface area contributed by atoms with Crippen molar-refractivity contribution in [1.29, 1.82) is 0 Å². The quantitative estimate of drug-likeness (QED) is 0.159. The van der Waals surface area contributed by atoms with Gasteiger partial charge in [-0.3, -0.25) is 0 Å². The van der Waals surface area contributed by atoms with Crippen LogP contribution in [0.3, 0.4) is 0 Å². The zero-order valence-electron chi connectivity index (χ0n) is 29.7. The third-order valence-corrected chi connectivity index (χ3v) is 28.7. The van der Waals surface area contributed by atoms with Crippen molar-refractivity contribution in [3.8, 4) is 0 Å². The van der Waals surface area contributed by atoms with Gasteiger partial charge in [0.05, 0.1) is 16.1 Å². The molecule has 6 atom stereocenters. The SMILES string of the molecule is CC(C)[Si]1(C(C)C)CC(c2ccccc2)C(c2ccccc2)C1C1C(c2ccccc2)C(c2ccccc2)C[Si]1(C(C)C)C(C)C. The molecular weight excluding hydrogens is 585 g/mol. The van der Waals surface area contributed by atoms with Gasteiger partial charge in [-0.25, -0.2) is 0 Å². The van der Waals surface area contributed by atoms with Crippen LogP contribution in [0.5, 0.6) is 0 Å². The number of rotatable bonds is 9. The smallest absolute Gasteiger partial charge is 0.0630 e. The molecule has 4 aromatic rings. The first-order valence-corrected chi connectivity index (χ1v) is 23.2. The van der Waals surface area contributed by atoms with Gasteiger partial charge in [-0.05, 0) is 69.1 Å². The summed E-state index contributed by atoms with van der Waals surface area (Å²) in [5.74, 6) is 2.25. The lowest BCUT2D eigenvalue weighted by Crippen LogP contribution is -2.53. The van der Waals surface area contributed by atoms with E-state index >= 15 is 0 Å². The molecule has 2 saturated heterocycles. The molecule has 2 fully saturated rings. The molecule has 0 spiro atoms. The van der Waals surface area contributed by atoms with Crippen molar-refractivity contribution in [2.24, 2.45) is 0 Å². The Morgan fingerprint density at radius 1 is 0.370 bits per heavy atom. The number of benzene rings is 4. The maximum Gasteiger partial charge on any atom is 0.0630 e. The third kappa shape index (κ3) is 5.42. The molecule has 2 heteroatoms. The Bertz CT molecular complexity index is 1390. The van der Waals surface area contributed by atoms with E-state index in [1.807, 2.05) is 0 Å². The molecule has 0 aromatic heterocycles. The van der Waals surface area contributed by atoms with Gasteiger partial charge in [0.15, 0.2) is 0 Å². The van der Waals surface area contributed by atoms with E-state index in [9.17, 15) is 0 Å². The summed E-state index contributed by atoms with van der Waals surface area (Å²) >= 11 is 0. The highest BCUT2D eigenvalue weighted by molar-refractivity contribution is 6.90. The van der Waals surface area contributed by atoms with Crippen LogP contribution in [0.15, 0.2) is 121 Å². The Balaban J connectivity index is 1.71. The summed E-state index contributed by atoms with van der Waals surface area (Å²) < 4.78 is 0. The standard InChI is InChI=1S/C44H58Si2/c1-31(2)45(32(3)4)29-39(35-21-13-9-14-22-35)41(37-25-17-11-18-26-37)43(45)44-42(38-27-19-12-20-28-38)40(36-23-15-10-16-24-36)30-46(44,33(5)6)34(7)8/h9-28,31-34,39-44H,29-30H2,1-8H3. The average molecular weight is 643 g/mol. The van der Waals surface area contributed by atoms with Crippen LogP contribution < -0.4 is 0 Å². The van der Waals surface area contributed by atoms with Crippen molar-refractivity contribution in [3.63, 3.8) is 0 Å². The minimum atomic E-state index is -1.92. The van der Waals surface area contributed by atoms with Crippen LogP contribution in [-0.4, -0.2) is 16.1 Å². The highest BCUT2D eigenvalue weighted by Crippen LogP contribution is 2.77. The summed E-state index contributed by atoms with van der Waals surface area (Å²) in [6.07, 6.45) is 0. The summed E-state index contributed by atoms with van der Waals surface area (Å²) in [5, 5.41) is 0. The van der Waals surface area contributed by atoms with Gasteiger partial charge in [-0.15, -0.1) is 0 Å². The fraction of sp³-hybridized carbons (Fsp3) is 0.455. The molecule has 6 unspecified atom stereocenters. The Morgan fingerprint density at radius 2 is 0.609 bits per heavy atom. The van der Waals surface area contributed by atoms with Crippen LogP contribution in [0.1, 0.15) is 101 Å². The van der Waals surface area contributed by atoms with Crippen molar-refractivity contribution >= 4 is 16.1 Å². The predicted octanol–water partition coefficient (Wildman–Crippen LogP) is 13.4. The Morgan fingerprint density at radius 3 is 0.848 bits per heavy atom. The van der Waals surface area contributed by atoms with Crippen LogP contribution in [0.4, 0.5) is 0 Å². The van der Waals surface area contributed by atoms with E-state index in [-0.39, 0.29) is 0 Å². The Kier molecular flexibility index (Phi) is 9.70. The molecule has 2 aliphatic heterocycles. The summed E-state index contributed by atoms with van der Waals surface area (Å²) in [6, 6.07) is 50.1. The van der Waals surface area contributed by atoms with Crippen molar-refractivity contribution in [3.05, 3.63) is 144 Å². The van der Waals surface area contributed by atoms with Crippen molar-refractivity contribution in [1.82, 2.24) is 0 Å². The summed E-state index contributed by atoms with van der Waals surface area (Å²) in [7, 11) is -3.85. The maximum atomic E-state index is 2.64. The average Bonchev–Trinajstić information content (AvgIpc) is 3.62. The van der Waals surface area contributed by atoms with E-state index < -0.39 is 16.1 Å². The van der Waals surface area contributed by atoms with Gasteiger partial charge >= 0.3 is 0 Å². The molecule has 0 amide bonds. The van der Waals surface area contributed by atoms with Gasteiger partial charge in [0.2, 0.25) is 0 Å². The molecule has 242 valence electrons. The first-order chi connectivity index (χ1) is 22.1. The second-order valence-electron chi connectivity index (χ2n) is 16.2. The zero-order valence-corrected chi connectivity index (χ0v) is 31.7. The van der Waals surface area contributed by atoms with Gasteiger partial charge in [0.25, 0.3) is 0 Å². The summed E-state index contributed by atoms with van der Waals surface area (Å²) in [4.78, 5) is 0. The molecule has 2 aliphatic rings. The second-order valence-corrected chi connectivity index (χ2v) is 27.4. The summed E-state index contributed by atoms with van der Waals surface area (Å²) in [5.41, 5.74) is 10.7. The molecule has 2 heterocycles. The van der Waals surface area contributed by atoms with Crippen LogP contribution in [0.2, 0.25) is 45.3 Å². The van der Waals surface area contributed by atoms with Crippen LogP contribution >= 0.6 is 0 Å². The normalized spacial score (nSPS) is 27.2. The van der Waals surface area contributed by atoms with E-state index in [1.165, 1.54) is 12.1 Å². The second kappa shape index (κ2) is 13.4. The molecule has 0 bridgehead atoms. The predicted molar refractivity (Wildman–Crippen MR) is 206 cm³/mol. The Labute approximate surface area is 283 Å². The molecular formula is C44H58Si2. The monoisotopic (exact) mass is 642 g/mol. The highest BCUT2D eigenvalue weighted by Gasteiger charge is 2.69. The molecule has 6 rings (SSSR count). The van der Waals surface area contributed by atoms with Gasteiger partial charge in [0, 0.05) is 0 Å². The van der Waals surface area contributed by atoms with Gasteiger partial charge in [0.1, 0.15) is 0 Å². The van der Waals surface area contributed by atoms with E-state index in [2.05, 4.69) is 177 Å². The lowest BCUT2D eigenvalue weighted by molar-refractivity contribution is 0.476. The Hall–Kier alpha value is -2.69. The number of hydrogen-bond acceptors (Lipinski definition) is 0. The lowest BCUT2D eigenvalue weighted by Gasteiger charge is -2.54. The molecule has 4 aromatic carbocycles. The fourth-order valence-electron chi connectivity index (χ4n) is 11.7. The fourth-order valence-corrected chi connectivity index (χ4v) is 28.1. The topological polar surface area (TPSA) is 0 Å². The van der Waals surface area contributed by atoms with E-state index in [1.54, 1.807) is 22.3 Å². The van der Waals surface area contributed by atoms with Crippen molar-refractivity contribution in [2.75, 3.05) is 0 Å². The molecule has 0 radical (unpaired) electrons. The van der Waals surface area contributed by atoms with Crippen LogP contribution in [0, 0.1) is 0 Å². The molecule has 0 saturated carbocycles. The highest BCUT2D eigenvalue weighted by atomic mass is 28.3. The summed E-state index contributed by atoms with van der Waals surface area (Å²) in [6.45, 7) is 21.1. The van der Waals surface area contributed by atoms with Crippen LogP contribution in [0.25, 0.3) is 0 Å². The minimum Gasteiger partial charge on any atom is -0.0651 e. The van der Waals surface area contributed by atoms with Crippen molar-refractivity contribution < 1.29 is 0 Å². The van der Waals surface area contributed by atoms with Gasteiger partial charge in [-0.2, -0.15) is 0 Å². The largest absolute Gasteiger partial charge is 0.0651 e. The molecule has 0 N–H and O–H groups in total. The van der Waals surface area contributed by atoms with E-state index in [0.29, 0.717) is 23.7 Å². The van der Waals surface area contributed by atoms with E-state index in [0.717, 1.165) is 33.2 Å². The first kappa shape index (κ1) is 33.2. The van der Waals surface area contributed by atoms with Gasteiger partial charge in [-0.1, -0.05) is 199 Å².